The predicted octanol–water partition coefficient (Wildman–Crippen LogP) is 2.82. The minimum absolute atomic E-state index is 0.00486. The average molecular weight is 259 g/mol. The van der Waals surface area contributed by atoms with Gasteiger partial charge in [0.15, 0.2) is 0 Å². The Bertz CT molecular complexity index is 398. The monoisotopic (exact) mass is 258 g/mol. The zero-order chi connectivity index (χ0) is 12.8. The Morgan fingerprint density at radius 1 is 1.59 bits per heavy atom. The molecule has 1 unspecified atom stereocenters. The molecule has 0 aliphatic carbocycles. The van der Waals surface area contributed by atoms with Crippen LogP contribution in [0, 0.1) is 10.1 Å². The average Bonchev–Trinajstić information content (AvgIpc) is 2.26. The zero-order valence-corrected chi connectivity index (χ0v) is 10.3. The van der Waals surface area contributed by atoms with Crippen LogP contribution in [-0.2, 0) is 0 Å². The van der Waals surface area contributed by atoms with Gasteiger partial charge in [-0.3, -0.25) is 10.1 Å². The number of nitro benzene ring substituents is 1. The lowest BCUT2D eigenvalue weighted by molar-refractivity contribution is -0.384. The summed E-state index contributed by atoms with van der Waals surface area (Å²) < 4.78 is 0. The smallest absolute Gasteiger partial charge is 0.292 e. The van der Waals surface area contributed by atoms with Crippen LogP contribution in [0.5, 0.6) is 0 Å². The summed E-state index contributed by atoms with van der Waals surface area (Å²) in [7, 11) is 0. The van der Waals surface area contributed by atoms with Gasteiger partial charge in [0.2, 0.25) is 0 Å². The van der Waals surface area contributed by atoms with Crippen molar-refractivity contribution in [3.63, 3.8) is 0 Å². The van der Waals surface area contributed by atoms with Gasteiger partial charge in [-0.2, -0.15) is 0 Å². The van der Waals surface area contributed by atoms with Gasteiger partial charge >= 0.3 is 0 Å². The van der Waals surface area contributed by atoms with Crippen molar-refractivity contribution in [1.29, 1.82) is 0 Å². The van der Waals surface area contributed by atoms with Crippen molar-refractivity contribution in [2.24, 2.45) is 0 Å². The van der Waals surface area contributed by atoms with Crippen molar-refractivity contribution in [2.45, 2.75) is 25.8 Å². The van der Waals surface area contributed by atoms with Gasteiger partial charge in [-0.05, 0) is 31.9 Å². The van der Waals surface area contributed by atoms with Gasteiger partial charge in [-0.25, -0.2) is 0 Å². The molecular weight excluding hydrogens is 244 g/mol. The summed E-state index contributed by atoms with van der Waals surface area (Å²) in [6, 6.07) is 4.45. The van der Waals surface area contributed by atoms with Gasteiger partial charge in [0, 0.05) is 23.7 Å². The van der Waals surface area contributed by atoms with Crippen LogP contribution >= 0.6 is 11.6 Å². The SMILES string of the molecule is CC(CCCO)Nc1cc(Cl)ccc1[N+](=O)[O-]. The molecule has 94 valence electrons. The topological polar surface area (TPSA) is 75.4 Å². The molecule has 0 saturated heterocycles. The number of nitro groups is 1. The lowest BCUT2D eigenvalue weighted by atomic mass is 10.1. The van der Waals surface area contributed by atoms with E-state index in [-0.39, 0.29) is 18.3 Å². The van der Waals surface area contributed by atoms with Gasteiger partial charge in [-0.1, -0.05) is 11.6 Å². The Labute approximate surface area is 105 Å². The third kappa shape index (κ3) is 4.20. The lowest BCUT2D eigenvalue weighted by Gasteiger charge is -2.14. The molecule has 0 aliphatic rings. The molecule has 0 heterocycles. The summed E-state index contributed by atoms with van der Waals surface area (Å²) in [6.45, 7) is 2.02. The number of hydrogen-bond donors (Lipinski definition) is 2. The predicted molar refractivity (Wildman–Crippen MR) is 67.5 cm³/mol. The van der Waals surface area contributed by atoms with Crippen LogP contribution in [0.25, 0.3) is 0 Å². The fraction of sp³-hybridized carbons (Fsp3) is 0.455. The summed E-state index contributed by atoms with van der Waals surface area (Å²) in [5, 5.41) is 23.0. The maximum absolute atomic E-state index is 10.8. The summed E-state index contributed by atoms with van der Waals surface area (Å²) in [5.41, 5.74) is 0.415. The highest BCUT2D eigenvalue weighted by Gasteiger charge is 2.15. The standard InChI is InChI=1S/C11H15ClN2O3/c1-8(3-2-6-15)13-10-7-9(12)4-5-11(10)14(16)17/h4-5,7-8,13,15H,2-3,6H2,1H3. The largest absolute Gasteiger partial charge is 0.396 e. The number of nitrogens with one attached hydrogen (secondary N) is 1. The van der Waals surface area contributed by atoms with Crippen LogP contribution in [0.2, 0.25) is 5.02 Å². The molecule has 6 heteroatoms. The molecule has 0 spiro atoms. The highest BCUT2D eigenvalue weighted by atomic mass is 35.5. The number of halogens is 1. The number of aliphatic hydroxyl groups excluding tert-OH is 1. The molecule has 1 aromatic rings. The van der Waals surface area contributed by atoms with Gasteiger partial charge < -0.3 is 10.4 Å². The number of benzene rings is 1. The first-order valence-electron chi connectivity index (χ1n) is 5.36. The molecule has 0 fully saturated rings. The van der Waals surface area contributed by atoms with E-state index in [1.807, 2.05) is 6.92 Å². The Balaban J connectivity index is 2.81. The highest BCUT2D eigenvalue weighted by Crippen LogP contribution is 2.28. The summed E-state index contributed by atoms with van der Waals surface area (Å²) >= 11 is 5.81. The van der Waals surface area contributed by atoms with Gasteiger partial charge in [0.25, 0.3) is 5.69 Å². The summed E-state index contributed by atoms with van der Waals surface area (Å²) in [6.07, 6.45) is 1.39. The quantitative estimate of drug-likeness (QED) is 0.608. The molecule has 0 aliphatic heterocycles. The van der Waals surface area contributed by atoms with Crippen LogP contribution in [0.3, 0.4) is 0 Å². The molecule has 0 bridgehead atoms. The Kier molecular flexibility index (Phi) is 5.18. The van der Waals surface area contributed by atoms with Crippen LogP contribution in [0.1, 0.15) is 19.8 Å². The molecule has 1 atom stereocenters. The molecule has 0 amide bonds. The van der Waals surface area contributed by atoms with Crippen LogP contribution in [0.4, 0.5) is 11.4 Å². The Morgan fingerprint density at radius 2 is 2.29 bits per heavy atom. The van der Waals surface area contributed by atoms with E-state index in [1.54, 1.807) is 0 Å². The number of rotatable bonds is 6. The van der Waals surface area contributed by atoms with Gasteiger partial charge in [0.1, 0.15) is 5.69 Å². The van der Waals surface area contributed by atoms with Gasteiger partial charge in [0.05, 0.1) is 4.92 Å². The van der Waals surface area contributed by atoms with Crippen molar-refractivity contribution in [3.8, 4) is 0 Å². The third-order valence-corrected chi connectivity index (χ3v) is 2.59. The van der Waals surface area contributed by atoms with Crippen molar-refractivity contribution < 1.29 is 10.0 Å². The first-order chi connectivity index (χ1) is 8.04. The second-order valence-corrected chi connectivity index (χ2v) is 4.27. The number of aliphatic hydroxyl groups is 1. The number of nitrogens with zero attached hydrogens (tertiary/aromatic N) is 1. The van der Waals surface area contributed by atoms with Crippen LogP contribution in [-0.4, -0.2) is 22.7 Å². The summed E-state index contributed by atoms with van der Waals surface area (Å²) in [4.78, 5) is 10.4. The number of anilines is 1. The maximum atomic E-state index is 10.8. The maximum Gasteiger partial charge on any atom is 0.292 e. The number of hydrogen-bond acceptors (Lipinski definition) is 4. The molecule has 17 heavy (non-hydrogen) atoms. The molecule has 0 radical (unpaired) electrons. The molecule has 1 rings (SSSR count). The first kappa shape index (κ1) is 13.7. The fourth-order valence-electron chi connectivity index (χ4n) is 1.52. The van der Waals surface area contributed by atoms with E-state index in [2.05, 4.69) is 5.32 Å². The lowest BCUT2D eigenvalue weighted by Crippen LogP contribution is -2.16. The van der Waals surface area contributed by atoms with Crippen molar-refractivity contribution in [3.05, 3.63) is 33.3 Å². The second-order valence-electron chi connectivity index (χ2n) is 3.83. The van der Waals surface area contributed by atoms with Crippen molar-refractivity contribution in [2.75, 3.05) is 11.9 Å². The van der Waals surface area contributed by atoms with E-state index in [1.165, 1.54) is 18.2 Å². The van der Waals surface area contributed by atoms with Crippen molar-refractivity contribution >= 4 is 23.0 Å². The van der Waals surface area contributed by atoms with E-state index < -0.39 is 4.92 Å². The van der Waals surface area contributed by atoms with E-state index in [0.29, 0.717) is 17.1 Å². The zero-order valence-electron chi connectivity index (χ0n) is 9.52. The first-order valence-corrected chi connectivity index (χ1v) is 5.73. The summed E-state index contributed by atoms with van der Waals surface area (Å²) in [5.74, 6) is 0. The van der Waals surface area contributed by atoms with E-state index in [4.69, 9.17) is 16.7 Å². The van der Waals surface area contributed by atoms with E-state index in [9.17, 15) is 10.1 Å². The Hall–Kier alpha value is -1.33. The fourth-order valence-corrected chi connectivity index (χ4v) is 1.69. The molecular formula is C11H15ClN2O3. The molecule has 1 aromatic carbocycles. The van der Waals surface area contributed by atoms with Gasteiger partial charge in [-0.15, -0.1) is 0 Å². The molecule has 5 nitrogen and oxygen atoms in total. The minimum atomic E-state index is -0.447. The molecule has 0 saturated carbocycles. The Morgan fingerprint density at radius 3 is 2.88 bits per heavy atom. The van der Waals surface area contributed by atoms with Crippen LogP contribution < -0.4 is 5.32 Å². The third-order valence-electron chi connectivity index (χ3n) is 2.35. The highest BCUT2D eigenvalue weighted by molar-refractivity contribution is 6.31. The van der Waals surface area contributed by atoms with Crippen LogP contribution in [0.15, 0.2) is 18.2 Å². The van der Waals surface area contributed by atoms with E-state index >= 15 is 0 Å². The van der Waals surface area contributed by atoms with E-state index in [0.717, 1.165) is 6.42 Å². The molecule has 2 N–H and O–H groups in total. The van der Waals surface area contributed by atoms with Crippen molar-refractivity contribution in [1.82, 2.24) is 0 Å². The molecule has 0 aromatic heterocycles. The minimum Gasteiger partial charge on any atom is -0.396 e. The second kappa shape index (κ2) is 6.42. The normalized spacial score (nSPS) is 12.2.